The van der Waals surface area contributed by atoms with E-state index in [0.717, 1.165) is 17.3 Å². The van der Waals surface area contributed by atoms with Crippen molar-refractivity contribution < 1.29 is 0 Å². The van der Waals surface area contributed by atoms with Crippen molar-refractivity contribution in [1.82, 2.24) is 15.1 Å². The van der Waals surface area contributed by atoms with Gasteiger partial charge in [-0.15, -0.1) is 0 Å². The highest BCUT2D eigenvalue weighted by molar-refractivity contribution is 6.30. The predicted octanol–water partition coefficient (Wildman–Crippen LogP) is 2.31. The molecule has 0 aliphatic heterocycles. The topological polar surface area (TPSA) is 29.9 Å². The minimum Gasteiger partial charge on any atom is -0.316 e. The van der Waals surface area contributed by atoms with Crippen LogP contribution in [-0.4, -0.2) is 22.9 Å². The van der Waals surface area contributed by atoms with Gasteiger partial charge in [-0.2, -0.15) is 5.10 Å². The summed E-state index contributed by atoms with van der Waals surface area (Å²) in [5.41, 5.74) is 2.70. The fraction of sp³-hybridized carbons (Fsp3) is 0.750. The number of hydrogen-bond donors (Lipinski definition) is 1. The molecule has 90 valence electrons. The Balaban J connectivity index is 2.19. The molecule has 1 heterocycles. The van der Waals surface area contributed by atoms with E-state index in [1.807, 2.05) is 21.0 Å². The van der Waals surface area contributed by atoms with Crippen LogP contribution in [0.5, 0.6) is 0 Å². The van der Waals surface area contributed by atoms with Crippen molar-refractivity contribution in [3.05, 3.63) is 16.4 Å². The van der Waals surface area contributed by atoms with E-state index < -0.39 is 0 Å². The van der Waals surface area contributed by atoms with Gasteiger partial charge in [-0.25, -0.2) is 0 Å². The molecule has 0 amide bonds. The van der Waals surface area contributed by atoms with Crippen molar-refractivity contribution in [3.63, 3.8) is 0 Å². The van der Waals surface area contributed by atoms with E-state index in [0.29, 0.717) is 11.5 Å². The first kappa shape index (κ1) is 11.9. The lowest BCUT2D eigenvalue weighted by molar-refractivity contribution is 0.376. The van der Waals surface area contributed by atoms with Crippen LogP contribution >= 0.6 is 11.6 Å². The van der Waals surface area contributed by atoms with Crippen molar-refractivity contribution in [2.24, 2.45) is 12.5 Å². The van der Waals surface area contributed by atoms with E-state index in [4.69, 9.17) is 11.6 Å². The molecular weight excluding hydrogens is 222 g/mol. The van der Waals surface area contributed by atoms with Gasteiger partial charge in [0.15, 0.2) is 0 Å². The Bertz CT molecular complexity index is 393. The Morgan fingerprint density at radius 2 is 2.19 bits per heavy atom. The smallest absolute Gasteiger partial charge is 0.130 e. The van der Waals surface area contributed by atoms with Crippen LogP contribution in [0.15, 0.2) is 0 Å². The first-order valence-electron chi connectivity index (χ1n) is 5.83. The molecule has 1 aliphatic carbocycles. The van der Waals surface area contributed by atoms with Crippen LogP contribution < -0.4 is 5.32 Å². The first-order chi connectivity index (χ1) is 7.48. The van der Waals surface area contributed by atoms with Gasteiger partial charge in [-0.05, 0) is 38.6 Å². The Morgan fingerprint density at radius 1 is 1.56 bits per heavy atom. The number of aryl methyl sites for hydroxylation is 2. The number of nitrogens with zero attached hydrogens (tertiary/aromatic N) is 2. The SMILES string of the molecule is CNC(Cc1c(C)nn(C)c1Cl)C1(C)CC1. The van der Waals surface area contributed by atoms with Crippen molar-refractivity contribution in [1.29, 1.82) is 0 Å². The third kappa shape index (κ3) is 1.98. The van der Waals surface area contributed by atoms with Gasteiger partial charge in [0, 0.05) is 18.7 Å². The average Bonchev–Trinajstić information content (AvgIpc) is 2.92. The second-order valence-corrected chi connectivity index (χ2v) is 5.54. The molecule has 1 aromatic heterocycles. The van der Waals surface area contributed by atoms with E-state index in [1.54, 1.807) is 4.68 Å². The largest absolute Gasteiger partial charge is 0.316 e. The zero-order chi connectivity index (χ0) is 11.9. The summed E-state index contributed by atoms with van der Waals surface area (Å²) in [7, 11) is 3.93. The molecule has 0 radical (unpaired) electrons. The summed E-state index contributed by atoms with van der Waals surface area (Å²) in [6.45, 7) is 4.37. The molecule has 3 nitrogen and oxygen atoms in total. The third-order valence-electron chi connectivity index (χ3n) is 3.91. The monoisotopic (exact) mass is 241 g/mol. The number of hydrogen-bond acceptors (Lipinski definition) is 2. The molecule has 2 rings (SSSR count). The maximum Gasteiger partial charge on any atom is 0.130 e. The maximum absolute atomic E-state index is 6.26. The van der Waals surface area contributed by atoms with E-state index in [9.17, 15) is 0 Å². The van der Waals surface area contributed by atoms with Gasteiger partial charge < -0.3 is 5.32 Å². The molecule has 1 N–H and O–H groups in total. The molecule has 4 heteroatoms. The molecule has 0 aromatic carbocycles. The van der Waals surface area contributed by atoms with Crippen LogP contribution in [0.2, 0.25) is 5.15 Å². The molecule has 1 aliphatic rings. The van der Waals surface area contributed by atoms with Gasteiger partial charge in [0.1, 0.15) is 5.15 Å². The molecule has 0 saturated heterocycles. The lowest BCUT2D eigenvalue weighted by atomic mass is 9.93. The van der Waals surface area contributed by atoms with Crippen molar-refractivity contribution in [3.8, 4) is 0 Å². The number of aromatic nitrogens is 2. The number of rotatable bonds is 4. The van der Waals surface area contributed by atoms with Gasteiger partial charge >= 0.3 is 0 Å². The Hall–Kier alpha value is -0.540. The van der Waals surface area contributed by atoms with Gasteiger partial charge in [0.05, 0.1) is 5.69 Å². The first-order valence-corrected chi connectivity index (χ1v) is 6.21. The van der Waals surface area contributed by atoms with Crippen LogP contribution in [0, 0.1) is 12.3 Å². The summed E-state index contributed by atoms with van der Waals surface area (Å²) < 4.78 is 1.76. The van der Waals surface area contributed by atoms with E-state index in [1.165, 1.54) is 18.4 Å². The molecular formula is C12H20ClN3. The molecule has 16 heavy (non-hydrogen) atoms. The van der Waals surface area contributed by atoms with Gasteiger partial charge in [-0.1, -0.05) is 18.5 Å². The molecule has 0 spiro atoms. The second-order valence-electron chi connectivity index (χ2n) is 5.18. The van der Waals surface area contributed by atoms with Crippen LogP contribution in [0.25, 0.3) is 0 Å². The van der Waals surface area contributed by atoms with Crippen molar-refractivity contribution >= 4 is 11.6 Å². The number of likely N-dealkylation sites (N-methyl/N-ethyl adjacent to an activating group) is 1. The summed E-state index contributed by atoms with van der Waals surface area (Å²) in [4.78, 5) is 0. The normalized spacial score (nSPS) is 19.8. The van der Waals surface area contributed by atoms with Gasteiger partial charge in [-0.3, -0.25) is 4.68 Å². The minimum atomic E-state index is 0.459. The molecule has 1 aromatic rings. The molecule has 0 bridgehead atoms. The van der Waals surface area contributed by atoms with E-state index >= 15 is 0 Å². The zero-order valence-corrected chi connectivity index (χ0v) is 11.2. The van der Waals surface area contributed by atoms with Gasteiger partial charge in [0.2, 0.25) is 0 Å². The highest BCUT2D eigenvalue weighted by Gasteiger charge is 2.44. The van der Waals surface area contributed by atoms with Crippen molar-refractivity contribution in [2.45, 2.75) is 39.2 Å². The average molecular weight is 242 g/mol. The Morgan fingerprint density at radius 3 is 2.56 bits per heavy atom. The molecule has 1 atom stereocenters. The Kier molecular flexibility index (Phi) is 3.01. The molecule has 1 fully saturated rings. The van der Waals surface area contributed by atoms with Crippen LogP contribution in [-0.2, 0) is 13.5 Å². The lowest BCUT2D eigenvalue weighted by Gasteiger charge is -2.23. The molecule has 1 saturated carbocycles. The third-order valence-corrected chi connectivity index (χ3v) is 4.38. The zero-order valence-electron chi connectivity index (χ0n) is 10.5. The number of halogens is 1. The fourth-order valence-electron chi connectivity index (χ4n) is 2.35. The van der Waals surface area contributed by atoms with Gasteiger partial charge in [0.25, 0.3) is 0 Å². The van der Waals surface area contributed by atoms with Crippen LogP contribution in [0.1, 0.15) is 31.0 Å². The number of nitrogens with one attached hydrogen (secondary N) is 1. The quantitative estimate of drug-likeness (QED) is 0.877. The van der Waals surface area contributed by atoms with Crippen LogP contribution in [0.4, 0.5) is 0 Å². The predicted molar refractivity (Wildman–Crippen MR) is 66.8 cm³/mol. The standard InChI is InChI=1S/C12H20ClN3/c1-8-9(11(13)16(4)15-8)7-10(14-3)12(2)5-6-12/h10,14H,5-7H2,1-4H3. The lowest BCUT2D eigenvalue weighted by Crippen LogP contribution is -2.35. The minimum absolute atomic E-state index is 0.459. The molecule has 1 unspecified atom stereocenters. The highest BCUT2D eigenvalue weighted by atomic mass is 35.5. The Labute approximate surface area is 102 Å². The summed E-state index contributed by atoms with van der Waals surface area (Å²) in [6, 6.07) is 0.507. The summed E-state index contributed by atoms with van der Waals surface area (Å²) in [5, 5.41) is 8.56. The second kappa shape index (κ2) is 4.04. The van der Waals surface area contributed by atoms with E-state index in [-0.39, 0.29) is 0 Å². The van der Waals surface area contributed by atoms with E-state index in [2.05, 4.69) is 17.3 Å². The van der Waals surface area contributed by atoms with Crippen molar-refractivity contribution in [2.75, 3.05) is 7.05 Å². The fourth-order valence-corrected chi connectivity index (χ4v) is 2.60. The highest BCUT2D eigenvalue weighted by Crippen LogP contribution is 2.49. The summed E-state index contributed by atoms with van der Waals surface area (Å²) in [6.07, 6.45) is 3.61. The summed E-state index contributed by atoms with van der Waals surface area (Å²) in [5.74, 6) is 0. The summed E-state index contributed by atoms with van der Waals surface area (Å²) >= 11 is 6.26. The van der Waals surface area contributed by atoms with Crippen LogP contribution in [0.3, 0.4) is 0 Å². The maximum atomic E-state index is 6.26.